The smallest absolute Gasteiger partial charge is 0.485 e. The monoisotopic (exact) mass is 484 g/mol. The molecule has 3 aromatic rings. The van der Waals surface area contributed by atoms with Gasteiger partial charge in [-0.2, -0.15) is 13.2 Å². The van der Waals surface area contributed by atoms with Crippen LogP contribution in [0.3, 0.4) is 0 Å². The molecule has 0 aliphatic heterocycles. The Bertz CT molecular complexity index is 1020. The molecule has 0 N–H and O–H groups in total. The molecule has 0 bridgehead atoms. The Hall–Kier alpha value is -2.56. The van der Waals surface area contributed by atoms with E-state index in [0.29, 0.717) is 0 Å². The number of hydrogen-bond acceptors (Lipinski definition) is 3. The summed E-state index contributed by atoms with van der Waals surface area (Å²) >= 11 is -1.32. The summed E-state index contributed by atoms with van der Waals surface area (Å²) in [5, 5.41) is 0. The van der Waals surface area contributed by atoms with Crippen LogP contribution in [0.5, 0.6) is 0 Å². The Balaban J connectivity index is 0.000000321. The van der Waals surface area contributed by atoms with Crippen molar-refractivity contribution in [1.29, 1.82) is 0 Å². The van der Waals surface area contributed by atoms with Gasteiger partial charge in [-0.1, -0.05) is 0 Å². The van der Waals surface area contributed by atoms with E-state index in [1.807, 2.05) is 18.2 Å². The zero-order valence-electron chi connectivity index (χ0n) is 14.8. The minimum absolute atomic E-state index is 1.08. The molecule has 0 fully saturated rings. The van der Waals surface area contributed by atoms with Gasteiger partial charge in [0.25, 0.3) is 0 Å². The molecule has 0 spiro atoms. The fourth-order valence-electron chi connectivity index (χ4n) is 2.00. The number of alkyl halides is 3. The molecule has 3 rings (SSSR count). The second-order valence-electron chi connectivity index (χ2n) is 5.43. The van der Waals surface area contributed by atoms with E-state index in [1.54, 1.807) is 0 Å². The first kappa shape index (κ1) is 22.7. The molecule has 0 aliphatic carbocycles. The number of benzene rings is 3. The topological polar surface area (TPSA) is 57.2 Å². The predicted octanol–water partition coefficient (Wildman–Crippen LogP) is 2.94. The first-order chi connectivity index (χ1) is 13.7. The van der Waals surface area contributed by atoms with Gasteiger partial charge in [-0.3, -0.25) is 0 Å². The molecule has 29 heavy (non-hydrogen) atoms. The van der Waals surface area contributed by atoms with Crippen molar-refractivity contribution >= 4 is 32.9 Å². The van der Waals surface area contributed by atoms with Gasteiger partial charge in [0, 0.05) is 0 Å². The van der Waals surface area contributed by atoms with E-state index < -0.39 is 29.5 Å². The van der Waals surface area contributed by atoms with Crippen LogP contribution in [0.4, 0.5) is 13.2 Å². The standard InChI is InChI=1S/C20H15Se.CHF3O3S/c1-4-10-18(11-5-1)16-17-21(19-12-6-2-7-13-19)20-14-8-3-9-15-20;2-1(3,4)8(5,6)7/h1-15H;(H,5,6,7)/q+1;/p-1. The molecule has 0 aliphatic rings. The molecule has 3 nitrogen and oxygen atoms in total. The van der Waals surface area contributed by atoms with Gasteiger partial charge in [0.1, 0.15) is 0 Å². The summed E-state index contributed by atoms with van der Waals surface area (Å²) in [7, 11) is -6.09. The van der Waals surface area contributed by atoms with Crippen LogP contribution in [-0.4, -0.2) is 32.4 Å². The average Bonchev–Trinajstić information content (AvgIpc) is 2.70. The number of hydrogen-bond donors (Lipinski definition) is 0. The van der Waals surface area contributed by atoms with Crippen molar-refractivity contribution in [3.63, 3.8) is 0 Å². The molecule has 0 heterocycles. The van der Waals surface area contributed by atoms with Crippen molar-refractivity contribution < 1.29 is 26.1 Å². The van der Waals surface area contributed by atoms with E-state index in [9.17, 15) is 13.2 Å². The second kappa shape index (κ2) is 10.3. The molecular weight excluding hydrogens is 468 g/mol. The quantitative estimate of drug-likeness (QED) is 0.244. The first-order valence-corrected chi connectivity index (χ1v) is 12.1. The van der Waals surface area contributed by atoms with Crippen LogP contribution in [0.15, 0.2) is 91.0 Å². The molecule has 0 radical (unpaired) electrons. The Kier molecular flexibility index (Phi) is 8.06. The van der Waals surface area contributed by atoms with E-state index in [4.69, 9.17) is 13.0 Å². The van der Waals surface area contributed by atoms with Crippen LogP contribution in [0, 0.1) is 10.7 Å². The Morgan fingerprint density at radius 1 is 0.724 bits per heavy atom. The van der Waals surface area contributed by atoms with Crippen molar-refractivity contribution in [2.75, 3.05) is 0 Å². The van der Waals surface area contributed by atoms with Crippen LogP contribution >= 0.6 is 0 Å². The molecule has 150 valence electrons. The predicted molar refractivity (Wildman–Crippen MR) is 107 cm³/mol. The average molecular weight is 483 g/mol. The van der Waals surface area contributed by atoms with Gasteiger partial charge in [0.05, 0.1) is 0 Å². The maximum atomic E-state index is 10.7. The third-order valence-corrected chi connectivity index (χ3v) is 7.64. The summed E-state index contributed by atoms with van der Waals surface area (Å²) in [6, 6.07) is 31.5. The molecule has 0 saturated heterocycles. The third kappa shape index (κ3) is 7.41. The largest absolute Gasteiger partial charge is 0.741 e. The Morgan fingerprint density at radius 2 is 1.07 bits per heavy atom. The van der Waals surface area contributed by atoms with Gasteiger partial charge in [-0.05, 0) is 0 Å². The third-order valence-electron chi connectivity index (χ3n) is 3.31. The van der Waals surface area contributed by atoms with Gasteiger partial charge >= 0.3 is 136 Å². The maximum absolute atomic E-state index is 10.7. The van der Waals surface area contributed by atoms with Gasteiger partial charge in [-0.15, -0.1) is 0 Å². The molecular formula is C21H15F3O3SSe. The molecule has 0 aromatic heterocycles. The van der Waals surface area contributed by atoms with Crippen LogP contribution in [0.1, 0.15) is 5.56 Å². The van der Waals surface area contributed by atoms with Crippen molar-refractivity contribution in [3.05, 3.63) is 96.6 Å². The minimum atomic E-state index is -6.09. The van der Waals surface area contributed by atoms with Crippen molar-refractivity contribution in [2.24, 2.45) is 0 Å². The van der Waals surface area contributed by atoms with E-state index in [1.165, 1.54) is 8.92 Å². The maximum Gasteiger partial charge on any atom is 0.485 e. The molecule has 0 amide bonds. The summed E-state index contributed by atoms with van der Waals surface area (Å²) in [5.41, 5.74) is -4.56. The molecule has 0 atom stereocenters. The van der Waals surface area contributed by atoms with Gasteiger partial charge in [-0.25, -0.2) is 8.42 Å². The summed E-state index contributed by atoms with van der Waals surface area (Å²) in [6.45, 7) is 0. The van der Waals surface area contributed by atoms with Crippen molar-refractivity contribution in [2.45, 2.75) is 5.51 Å². The second-order valence-corrected chi connectivity index (χ2v) is 10.5. The Labute approximate surface area is 171 Å². The van der Waals surface area contributed by atoms with E-state index in [0.717, 1.165) is 5.56 Å². The summed E-state index contributed by atoms with van der Waals surface area (Å²) in [6.07, 6.45) is 0. The van der Waals surface area contributed by atoms with E-state index in [-0.39, 0.29) is 0 Å². The molecule has 8 heteroatoms. The van der Waals surface area contributed by atoms with Crippen LogP contribution in [-0.2, 0) is 10.1 Å². The van der Waals surface area contributed by atoms with Crippen molar-refractivity contribution in [1.82, 2.24) is 0 Å². The van der Waals surface area contributed by atoms with Crippen LogP contribution in [0.25, 0.3) is 0 Å². The normalized spacial score (nSPS) is 11.1. The van der Waals surface area contributed by atoms with Gasteiger partial charge in [0.2, 0.25) is 0 Å². The summed E-state index contributed by atoms with van der Waals surface area (Å²) in [4.78, 5) is 3.54. The zero-order valence-corrected chi connectivity index (χ0v) is 17.4. The fraction of sp³-hybridized carbons (Fsp3) is 0.0476. The minimum Gasteiger partial charge on any atom is -0.741 e. The van der Waals surface area contributed by atoms with E-state index >= 15 is 0 Å². The number of halogens is 3. The first-order valence-electron chi connectivity index (χ1n) is 8.12. The van der Waals surface area contributed by atoms with Crippen molar-refractivity contribution in [3.8, 4) is 10.7 Å². The molecule has 0 saturated carbocycles. The summed E-state index contributed by atoms with van der Waals surface area (Å²) < 4.78 is 61.6. The zero-order chi connectivity index (χ0) is 21.3. The van der Waals surface area contributed by atoms with Gasteiger partial charge in [0.15, 0.2) is 10.1 Å². The summed E-state index contributed by atoms with van der Waals surface area (Å²) in [5.74, 6) is 3.35. The number of rotatable bonds is 2. The van der Waals surface area contributed by atoms with Crippen LogP contribution in [0.2, 0.25) is 0 Å². The van der Waals surface area contributed by atoms with Crippen LogP contribution < -0.4 is 8.92 Å². The van der Waals surface area contributed by atoms with Gasteiger partial charge < -0.3 is 4.55 Å². The molecule has 3 aromatic carbocycles. The SMILES string of the molecule is C(#C[Se+](c1ccccc1)c1ccccc1)c1ccccc1.O=S(=O)([O-])C(F)(F)F. The molecule has 0 unspecified atom stereocenters. The van der Waals surface area contributed by atoms with E-state index in [2.05, 4.69) is 83.5 Å². The fourth-order valence-corrected chi connectivity index (χ4v) is 5.33. The Morgan fingerprint density at radius 3 is 1.41 bits per heavy atom.